The standard InChI is InChI=1S/C20H19IN2O/c21-16-10-11-18-17(12-16)19(20(24)15-8-4-5-9-15)22-23(18)13-14-6-2-1-3-7-14/h1-3,6-7,10-12,15H,4-5,8-9,13H2. The van der Waals surface area contributed by atoms with Crippen LogP contribution in [0.4, 0.5) is 0 Å². The number of benzene rings is 2. The van der Waals surface area contributed by atoms with Gasteiger partial charge in [-0.15, -0.1) is 0 Å². The van der Waals surface area contributed by atoms with Crippen LogP contribution in [0.2, 0.25) is 0 Å². The fourth-order valence-electron chi connectivity index (χ4n) is 3.59. The maximum atomic E-state index is 13.0. The normalized spacial score (nSPS) is 15.2. The number of hydrogen-bond donors (Lipinski definition) is 0. The second-order valence-corrected chi connectivity index (χ2v) is 7.74. The minimum Gasteiger partial charge on any atom is -0.292 e. The number of nitrogens with zero attached hydrogens (tertiary/aromatic N) is 2. The first-order valence-corrected chi connectivity index (χ1v) is 9.54. The molecule has 1 saturated carbocycles. The van der Waals surface area contributed by atoms with Gasteiger partial charge in [-0.25, -0.2) is 0 Å². The minimum absolute atomic E-state index is 0.158. The lowest BCUT2D eigenvalue weighted by Crippen LogP contribution is -2.13. The Morgan fingerprint density at radius 3 is 2.62 bits per heavy atom. The zero-order chi connectivity index (χ0) is 16.5. The van der Waals surface area contributed by atoms with Crippen molar-refractivity contribution in [1.82, 2.24) is 9.78 Å². The van der Waals surface area contributed by atoms with Crippen LogP contribution in [-0.2, 0) is 6.54 Å². The Bertz CT molecular complexity index is 879. The molecule has 122 valence electrons. The van der Waals surface area contributed by atoms with Gasteiger partial charge in [-0.2, -0.15) is 5.10 Å². The monoisotopic (exact) mass is 430 g/mol. The van der Waals surface area contributed by atoms with Crippen LogP contribution in [0, 0.1) is 9.49 Å². The molecule has 0 spiro atoms. The Morgan fingerprint density at radius 1 is 1.12 bits per heavy atom. The molecule has 2 aromatic carbocycles. The van der Waals surface area contributed by atoms with Crippen molar-refractivity contribution >= 4 is 39.3 Å². The quantitative estimate of drug-likeness (QED) is 0.428. The lowest BCUT2D eigenvalue weighted by molar-refractivity contribution is 0.0918. The van der Waals surface area contributed by atoms with Crippen molar-refractivity contribution in [2.24, 2.45) is 5.92 Å². The number of hydrogen-bond acceptors (Lipinski definition) is 2. The first kappa shape index (κ1) is 15.8. The van der Waals surface area contributed by atoms with Crippen LogP contribution in [-0.4, -0.2) is 15.6 Å². The average molecular weight is 430 g/mol. The summed E-state index contributed by atoms with van der Waals surface area (Å²) in [6.07, 6.45) is 4.35. The Kier molecular flexibility index (Phi) is 4.39. The molecule has 0 amide bonds. The number of halogens is 1. The third-order valence-corrected chi connectivity index (χ3v) is 5.52. The third-order valence-electron chi connectivity index (χ3n) is 4.85. The molecule has 0 aliphatic heterocycles. The fraction of sp³-hybridized carbons (Fsp3) is 0.300. The molecule has 1 aromatic heterocycles. The van der Waals surface area contributed by atoms with E-state index in [1.165, 1.54) is 5.56 Å². The van der Waals surface area contributed by atoms with Crippen molar-refractivity contribution in [3.8, 4) is 0 Å². The molecule has 3 nitrogen and oxygen atoms in total. The summed E-state index contributed by atoms with van der Waals surface area (Å²) < 4.78 is 3.11. The summed E-state index contributed by atoms with van der Waals surface area (Å²) >= 11 is 2.30. The molecule has 0 radical (unpaired) electrons. The number of Topliss-reactive ketones (excluding diaryl/α,β-unsaturated/α-hetero) is 1. The molecule has 3 aromatic rings. The van der Waals surface area contributed by atoms with Crippen molar-refractivity contribution in [2.75, 3.05) is 0 Å². The highest BCUT2D eigenvalue weighted by Crippen LogP contribution is 2.31. The number of carbonyl (C=O) groups is 1. The van der Waals surface area contributed by atoms with Gasteiger partial charge in [-0.05, 0) is 59.2 Å². The second-order valence-electron chi connectivity index (χ2n) is 6.50. The van der Waals surface area contributed by atoms with E-state index in [1.54, 1.807) is 0 Å². The van der Waals surface area contributed by atoms with Gasteiger partial charge >= 0.3 is 0 Å². The van der Waals surface area contributed by atoms with E-state index in [0.717, 1.165) is 40.2 Å². The highest BCUT2D eigenvalue weighted by atomic mass is 127. The van der Waals surface area contributed by atoms with Crippen LogP contribution in [0.5, 0.6) is 0 Å². The first-order valence-electron chi connectivity index (χ1n) is 8.46. The van der Waals surface area contributed by atoms with Crippen molar-refractivity contribution in [1.29, 1.82) is 0 Å². The summed E-state index contributed by atoms with van der Waals surface area (Å²) in [6, 6.07) is 16.5. The SMILES string of the molecule is O=C(c1nn(Cc2ccccc2)c2ccc(I)cc12)C1CCCC1. The topological polar surface area (TPSA) is 34.9 Å². The minimum atomic E-state index is 0.158. The number of fused-ring (bicyclic) bond motifs is 1. The summed E-state index contributed by atoms with van der Waals surface area (Å²) in [5.74, 6) is 0.387. The molecule has 4 heteroatoms. The van der Waals surface area contributed by atoms with E-state index in [9.17, 15) is 4.79 Å². The predicted molar refractivity (Wildman–Crippen MR) is 104 cm³/mol. The van der Waals surface area contributed by atoms with Crippen LogP contribution in [0.25, 0.3) is 10.9 Å². The van der Waals surface area contributed by atoms with E-state index in [1.807, 2.05) is 22.9 Å². The van der Waals surface area contributed by atoms with Crippen LogP contribution >= 0.6 is 22.6 Å². The Morgan fingerprint density at radius 2 is 1.88 bits per heavy atom. The molecule has 4 rings (SSSR count). The number of rotatable bonds is 4. The molecule has 1 aliphatic carbocycles. The van der Waals surface area contributed by atoms with E-state index < -0.39 is 0 Å². The highest BCUT2D eigenvalue weighted by molar-refractivity contribution is 14.1. The van der Waals surface area contributed by atoms with Crippen LogP contribution in [0.15, 0.2) is 48.5 Å². The van der Waals surface area contributed by atoms with Crippen molar-refractivity contribution in [3.63, 3.8) is 0 Å². The maximum absolute atomic E-state index is 13.0. The first-order chi connectivity index (χ1) is 11.7. The van der Waals surface area contributed by atoms with E-state index in [0.29, 0.717) is 12.2 Å². The number of ketones is 1. The molecule has 0 bridgehead atoms. The molecular weight excluding hydrogens is 411 g/mol. The average Bonchev–Trinajstić information content (AvgIpc) is 3.24. The van der Waals surface area contributed by atoms with Gasteiger partial charge in [0.25, 0.3) is 0 Å². The Hall–Kier alpha value is -1.69. The maximum Gasteiger partial charge on any atom is 0.186 e. The van der Waals surface area contributed by atoms with E-state index in [4.69, 9.17) is 5.10 Å². The predicted octanol–water partition coefficient (Wildman–Crippen LogP) is 5.06. The molecule has 24 heavy (non-hydrogen) atoms. The van der Waals surface area contributed by atoms with Crippen LogP contribution in [0.1, 0.15) is 41.7 Å². The Balaban J connectivity index is 1.78. The summed E-state index contributed by atoms with van der Waals surface area (Å²) in [6.45, 7) is 0.690. The Labute approximate surface area is 155 Å². The smallest absolute Gasteiger partial charge is 0.186 e. The van der Waals surface area contributed by atoms with E-state index >= 15 is 0 Å². The highest BCUT2D eigenvalue weighted by Gasteiger charge is 2.28. The summed E-state index contributed by atoms with van der Waals surface area (Å²) in [4.78, 5) is 13.0. The van der Waals surface area contributed by atoms with Gasteiger partial charge in [-0.1, -0.05) is 43.2 Å². The lowest BCUT2D eigenvalue weighted by Gasteiger charge is -2.05. The van der Waals surface area contributed by atoms with Crippen molar-refractivity contribution < 1.29 is 4.79 Å². The van der Waals surface area contributed by atoms with E-state index in [-0.39, 0.29) is 11.7 Å². The lowest BCUT2D eigenvalue weighted by atomic mass is 9.98. The van der Waals surface area contributed by atoms with Crippen molar-refractivity contribution in [2.45, 2.75) is 32.2 Å². The molecule has 0 unspecified atom stereocenters. The van der Waals surface area contributed by atoms with E-state index in [2.05, 4.69) is 52.9 Å². The molecule has 0 saturated heterocycles. The van der Waals surface area contributed by atoms with Gasteiger partial charge in [0, 0.05) is 14.9 Å². The van der Waals surface area contributed by atoms with Gasteiger partial charge in [0.2, 0.25) is 0 Å². The molecule has 1 fully saturated rings. The van der Waals surface area contributed by atoms with Crippen LogP contribution in [0.3, 0.4) is 0 Å². The van der Waals surface area contributed by atoms with Gasteiger partial charge in [-0.3, -0.25) is 9.48 Å². The summed E-state index contributed by atoms with van der Waals surface area (Å²) in [5, 5.41) is 5.73. The molecule has 1 aliphatic rings. The van der Waals surface area contributed by atoms with Crippen LogP contribution < -0.4 is 0 Å². The van der Waals surface area contributed by atoms with Gasteiger partial charge in [0.1, 0.15) is 5.69 Å². The summed E-state index contributed by atoms with van der Waals surface area (Å²) in [7, 11) is 0. The largest absolute Gasteiger partial charge is 0.292 e. The van der Waals surface area contributed by atoms with Gasteiger partial charge < -0.3 is 0 Å². The summed E-state index contributed by atoms with van der Waals surface area (Å²) in [5.41, 5.74) is 2.90. The van der Waals surface area contributed by atoms with Crippen molar-refractivity contribution in [3.05, 3.63) is 63.4 Å². The fourth-order valence-corrected chi connectivity index (χ4v) is 4.08. The molecular formula is C20H19IN2O. The molecule has 0 atom stereocenters. The zero-order valence-electron chi connectivity index (χ0n) is 13.4. The number of carbonyl (C=O) groups excluding carboxylic acids is 1. The zero-order valence-corrected chi connectivity index (χ0v) is 15.6. The third kappa shape index (κ3) is 2.99. The van der Waals surface area contributed by atoms with Gasteiger partial charge in [0.15, 0.2) is 5.78 Å². The van der Waals surface area contributed by atoms with Gasteiger partial charge in [0.05, 0.1) is 12.1 Å². The molecule has 0 N–H and O–H groups in total. The second kappa shape index (κ2) is 6.67. The number of aromatic nitrogens is 2. The molecule has 1 heterocycles.